The van der Waals surface area contributed by atoms with Gasteiger partial charge < -0.3 is 14.8 Å². The molecule has 0 aromatic heterocycles. The molecule has 4 nitrogen and oxygen atoms in total. The van der Waals surface area contributed by atoms with Crippen LogP contribution in [0.2, 0.25) is 0 Å². The van der Waals surface area contributed by atoms with Crippen LogP contribution >= 0.6 is 15.9 Å². The summed E-state index contributed by atoms with van der Waals surface area (Å²) in [5, 5.41) is 3.31. The Hall–Kier alpha value is -2.18. The lowest BCUT2D eigenvalue weighted by atomic mass is 9.99. The largest absolute Gasteiger partial charge is 0.498 e. The van der Waals surface area contributed by atoms with Crippen molar-refractivity contribution in [2.75, 3.05) is 14.2 Å². The van der Waals surface area contributed by atoms with Gasteiger partial charge in [-0.3, -0.25) is 4.99 Å². The van der Waals surface area contributed by atoms with Gasteiger partial charge in [0.2, 0.25) is 0 Å². The predicted molar refractivity (Wildman–Crippen MR) is 94.6 cm³/mol. The summed E-state index contributed by atoms with van der Waals surface area (Å²) >= 11 is 3.51. The second-order valence-corrected chi connectivity index (χ2v) is 5.90. The smallest absolute Gasteiger partial charge is 0.142 e. The summed E-state index contributed by atoms with van der Waals surface area (Å²) in [7, 11) is 3.20. The number of hydrogen-bond acceptors (Lipinski definition) is 4. The van der Waals surface area contributed by atoms with Crippen LogP contribution in [0.25, 0.3) is 5.70 Å². The quantitative estimate of drug-likeness (QED) is 0.856. The van der Waals surface area contributed by atoms with Crippen LogP contribution in [0.4, 0.5) is 4.39 Å². The van der Waals surface area contributed by atoms with Crippen molar-refractivity contribution in [2.45, 2.75) is 6.10 Å². The number of halogens is 2. The van der Waals surface area contributed by atoms with E-state index in [-0.39, 0.29) is 11.9 Å². The standard InChI is InChI=1S/C18H15BrFN2O2/c1-23-16-8-7-13(19)17(18(16)24-2)15-10-21-9-14(22-15)11-3-5-12(20)6-4-11/h3-6,8-10,18,22H,1-2H3/b17-15+. The average molecular weight is 390 g/mol. The predicted octanol–water partition coefficient (Wildman–Crippen LogP) is 3.69. The summed E-state index contributed by atoms with van der Waals surface area (Å²) in [5.74, 6) is 0.371. The van der Waals surface area contributed by atoms with E-state index in [0.717, 1.165) is 27.0 Å². The van der Waals surface area contributed by atoms with Crippen molar-refractivity contribution < 1.29 is 13.9 Å². The number of ether oxygens (including phenoxy) is 2. The van der Waals surface area contributed by atoms with Crippen LogP contribution in [-0.4, -0.2) is 26.5 Å². The van der Waals surface area contributed by atoms with Crippen LogP contribution in [0, 0.1) is 11.9 Å². The zero-order valence-electron chi connectivity index (χ0n) is 13.1. The maximum Gasteiger partial charge on any atom is 0.142 e. The van der Waals surface area contributed by atoms with Crippen molar-refractivity contribution >= 4 is 27.8 Å². The van der Waals surface area contributed by atoms with Gasteiger partial charge in [0.25, 0.3) is 0 Å². The molecule has 6 heteroatoms. The zero-order chi connectivity index (χ0) is 17.1. The van der Waals surface area contributed by atoms with Gasteiger partial charge in [0, 0.05) is 23.2 Å². The molecular formula is C18H15BrFN2O2. The molecule has 24 heavy (non-hydrogen) atoms. The van der Waals surface area contributed by atoms with Crippen LogP contribution in [-0.2, 0) is 9.47 Å². The topological polar surface area (TPSA) is 42.8 Å². The van der Waals surface area contributed by atoms with Crippen molar-refractivity contribution in [1.82, 2.24) is 5.32 Å². The molecule has 1 atom stereocenters. The number of allylic oxidation sites excluding steroid dienone is 3. The van der Waals surface area contributed by atoms with E-state index in [0.29, 0.717) is 5.76 Å². The van der Waals surface area contributed by atoms with Crippen molar-refractivity contribution in [3.05, 3.63) is 75.5 Å². The highest BCUT2D eigenvalue weighted by atomic mass is 79.9. The van der Waals surface area contributed by atoms with Crippen molar-refractivity contribution in [3.8, 4) is 0 Å². The molecular weight excluding hydrogens is 375 g/mol. The second kappa shape index (κ2) is 7.15. The van der Waals surface area contributed by atoms with Crippen LogP contribution in [0.15, 0.2) is 63.0 Å². The number of methoxy groups -OCH3 is 2. The maximum atomic E-state index is 13.1. The lowest BCUT2D eigenvalue weighted by molar-refractivity contribution is 0.103. The number of nitrogens with one attached hydrogen (secondary N) is 1. The molecule has 1 N–H and O–H groups in total. The van der Waals surface area contributed by atoms with Crippen molar-refractivity contribution in [2.24, 2.45) is 4.99 Å². The van der Waals surface area contributed by atoms with Crippen molar-refractivity contribution in [1.29, 1.82) is 0 Å². The fraction of sp³-hybridized carbons (Fsp3) is 0.167. The lowest BCUT2D eigenvalue weighted by Crippen LogP contribution is -2.27. The third-order valence-electron chi connectivity index (χ3n) is 3.69. The number of rotatable bonds is 3. The summed E-state index contributed by atoms with van der Waals surface area (Å²) < 4.78 is 24.8. The third-order valence-corrected chi connectivity index (χ3v) is 4.35. The van der Waals surface area contributed by atoms with Crippen LogP contribution < -0.4 is 5.32 Å². The van der Waals surface area contributed by atoms with Gasteiger partial charge in [-0.15, -0.1) is 0 Å². The van der Waals surface area contributed by atoms with E-state index in [9.17, 15) is 4.39 Å². The molecule has 2 aliphatic rings. The van der Waals surface area contributed by atoms with E-state index in [1.54, 1.807) is 44.8 Å². The molecule has 1 aliphatic heterocycles. The Balaban J connectivity index is 1.98. The first-order valence-corrected chi connectivity index (χ1v) is 8.00. The Morgan fingerprint density at radius 2 is 2.00 bits per heavy atom. The van der Waals surface area contributed by atoms with Crippen LogP contribution in [0.3, 0.4) is 0 Å². The normalized spacial score (nSPS) is 23.2. The zero-order valence-corrected chi connectivity index (χ0v) is 14.7. The third kappa shape index (κ3) is 3.20. The second-order valence-electron chi connectivity index (χ2n) is 5.11. The van der Waals surface area contributed by atoms with Gasteiger partial charge in [-0.25, -0.2) is 4.39 Å². The first-order valence-electron chi connectivity index (χ1n) is 7.20. The Morgan fingerprint density at radius 1 is 1.25 bits per heavy atom. The van der Waals surface area contributed by atoms with Crippen molar-refractivity contribution in [3.63, 3.8) is 0 Å². The van der Waals surface area contributed by atoms with Crippen LogP contribution in [0.5, 0.6) is 0 Å². The minimum atomic E-state index is -0.382. The number of nitrogens with zero attached hydrogens (tertiary/aromatic N) is 1. The Labute approximate surface area is 148 Å². The molecule has 0 bridgehead atoms. The molecule has 0 fully saturated rings. The van der Waals surface area contributed by atoms with E-state index in [2.05, 4.69) is 32.3 Å². The number of hydrogen-bond donors (Lipinski definition) is 1. The highest BCUT2D eigenvalue weighted by Gasteiger charge is 2.28. The molecule has 1 radical (unpaired) electrons. The van der Waals surface area contributed by atoms with E-state index < -0.39 is 0 Å². The van der Waals surface area contributed by atoms with Gasteiger partial charge >= 0.3 is 0 Å². The highest BCUT2D eigenvalue weighted by molar-refractivity contribution is 9.11. The van der Waals surface area contributed by atoms with E-state index in [1.165, 1.54) is 12.1 Å². The molecule has 1 aliphatic carbocycles. The van der Waals surface area contributed by atoms with E-state index >= 15 is 0 Å². The monoisotopic (exact) mass is 389 g/mol. The van der Waals surface area contributed by atoms with Gasteiger partial charge in [0.1, 0.15) is 17.7 Å². The molecule has 0 spiro atoms. The summed E-state index contributed by atoms with van der Waals surface area (Å²) in [6, 6.07) is 6.22. The van der Waals surface area contributed by atoms with Gasteiger partial charge in [0.05, 0.1) is 30.9 Å². The molecule has 0 saturated heterocycles. The first-order chi connectivity index (χ1) is 11.6. The van der Waals surface area contributed by atoms with E-state index in [1.807, 2.05) is 0 Å². The maximum absolute atomic E-state index is 13.1. The molecule has 1 unspecified atom stereocenters. The number of aliphatic imine (C=N–C) groups is 1. The fourth-order valence-electron chi connectivity index (χ4n) is 2.51. The Bertz CT molecular complexity index is 792. The summed E-state index contributed by atoms with van der Waals surface area (Å²) in [6.07, 6.45) is 7.84. The minimum Gasteiger partial charge on any atom is -0.498 e. The Kier molecular flexibility index (Phi) is 4.97. The molecule has 1 aromatic rings. The molecule has 0 amide bonds. The Morgan fingerprint density at radius 3 is 2.67 bits per heavy atom. The molecule has 1 aromatic carbocycles. The van der Waals surface area contributed by atoms with Gasteiger partial charge in [-0.2, -0.15) is 0 Å². The molecule has 3 rings (SSSR count). The fourth-order valence-corrected chi connectivity index (χ4v) is 3.05. The van der Waals surface area contributed by atoms with Crippen LogP contribution in [0.1, 0.15) is 5.56 Å². The molecule has 0 saturated carbocycles. The van der Waals surface area contributed by atoms with Gasteiger partial charge in [-0.1, -0.05) is 0 Å². The summed E-state index contributed by atoms with van der Waals surface area (Å²) in [4.78, 5) is 4.29. The highest BCUT2D eigenvalue weighted by Crippen LogP contribution is 2.33. The average Bonchev–Trinajstić information content (AvgIpc) is 2.62. The molecule has 1 heterocycles. The minimum absolute atomic E-state index is 0.279. The first kappa shape index (κ1) is 16.7. The van der Waals surface area contributed by atoms with E-state index in [4.69, 9.17) is 9.47 Å². The SMILES string of the molecule is COC1=C[C]=C(Br)/C(=C2/C=NC=C(c3ccc(F)cc3)N2)C1OC. The molecule has 123 valence electrons. The lowest BCUT2D eigenvalue weighted by Gasteiger charge is -2.27. The summed E-state index contributed by atoms with van der Waals surface area (Å²) in [6.45, 7) is 0. The van der Waals surface area contributed by atoms with Gasteiger partial charge in [0.15, 0.2) is 0 Å². The van der Waals surface area contributed by atoms with Gasteiger partial charge in [-0.05, 0) is 51.8 Å². The number of benzene rings is 1. The summed E-state index contributed by atoms with van der Waals surface area (Å²) in [5.41, 5.74) is 3.19.